The third kappa shape index (κ3) is 4.15. The van der Waals surface area contributed by atoms with Crippen molar-refractivity contribution in [1.29, 1.82) is 0 Å². The molecular weight excluding hydrogens is 332 g/mol. The van der Waals surface area contributed by atoms with E-state index in [9.17, 15) is 4.79 Å². The van der Waals surface area contributed by atoms with Gasteiger partial charge < -0.3 is 10.2 Å². The minimum absolute atomic E-state index is 0.112. The Balaban J connectivity index is 1.96. The van der Waals surface area contributed by atoms with Crippen LogP contribution in [-0.2, 0) is 0 Å². The van der Waals surface area contributed by atoms with E-state index in [-0.39, 0.29) is 5.91 Å². The summed E-state index contributed by atoms with van der Waals surface area (Å²) in [5.41, 5.74) is 3.38. The molecule has 130 valence electrons. The Labute approximate surface area is 151 Å². The molecule has 0 atom stereocenters. The normalized spacial score (nSPS) is 11.0. The van der Waals surface area contributed by atoms with Gasteiger partial charge in [-0.25, -0.2) is 4.68 Å². The summed E-state index contributed by atoms with van der Waals surface area (Å²) in [6.45, 7) is 3.42. The van der Waals surface area contributed by atoms with Crippen molar-refractivity contribution in [3.8, 4) is 16.3 Å². The van der Waals surface area contributed by atoms with Gasteiger partial charge in [0, 0.05) is 13.1 Å². The van der Waals surface area contributed by atoms with Gasteiger partial charge >= 0.3 is 0 Å². The van der Waals surface area contributed by atoms with E-state index in [1.807, 2.05) is 73.8 Å². The molecule has 3 aromatic rings. The van der Waals surface area contributed by atoms with Crippen LogP contribution in [0.1, 0.15) is 16.1 Å². The lowest BCUT2D eigenvalue weighted by atomic mass is 10.2. The number of nitrogens with zero attached hydrogens (tertiary/aromatic N) is 3. The summed E-state index contributed by atoms with van der Waals surface area (Å²) in [6, 6.07) is 13.9. The van der Waals surface area contributed by atoms with Crippen LogP contribution >= 0.6 is 11.3 Å². The number of likely N-dealkylation sites (N-methyl/N-ethyl adjacent to an activating group) is 1. The second-order valence-corrected chi connectivity index (χ2v) is 7.15. The summed E-state index contributed by atoms with van der Waals surface area (Å²) < 4.78 is 1.73. The largest absolute Gasteiger partial charge is 0.349 e. The van der Waals surface area contributed by atoms with Crippen molar-refractivity contribution in [1.82, 2.24) is 20.0 Å². The first-order valence-corrected chi connectivity index (χ1v) is 9.06. The van der Waals surface area contributed by atoms with Crippen molar-refractivity contribution < 1.29 is 4.79 Å². The highest BCUT2D eigenvalue weighted by molar-refractivity contribution is 7.13. The van der Waals surface area contributed by atoms with Crippen LogP contribution in [0.4, 0.5) is 0 Å². The SMILES string of the molecule is Cc1cccc(-n2nc(-c3cccs3)cc2C(=O)NCCN(C)C)c1. The molecule has 0 saturated carbocycles. The number of rotatable bonds is 6. The third-order valence-corrected chi connectivity index (χ3v) is 4.70. The summed E-state index contributed by atoms with van der Waals surface area (Å²) in [5.74, 6) is -0.112. The van der Waals surface area contributed by atoms with Gasteiger partial charge in [-0.15, -0.1) is 11.3 Å². The predicted octanol–water partition coefficient (Wildman–Crippen LogP) is 3.20. The van der Waals surface area contributed by atoms with Crippen molar-refractivity contribution in [3.63, 3.8) is 0 Å². The molecule has 0 aliphatic rings. The van der Waals surface area contributed by atoms with Crippen LogP contribution in [0.2, 0.25) is 0 Å². The van der Waals surface area contributed by atoms with E-state index in [0.717, 1.165) is 28.4 Å². The zero-order chi connectivity index (χ0) is 17.8. The van der Waals surface area contributed by atoms with E-state index in [1.54, 1.807) is 16.0 Å². The zero-order valence-corrected chi connectivity index (χ0v) is 15.5. The van der Waals surface area contributed by atoms with Gasteiger partial charge in [-0.05, 0) is 56.2 Å². The molecule has 1 amide bonds. The lowest BCUT2D eigenvalue weighted by molar-refractivity contribution is 0.0943. The first-order chi connectivity index (χ1) is 12.0. The number of hydrogen-bond acceptors (Lipinski definition) is 4. The molecule has 5 nitrogen and oxygen atoms in total. The Morgan fingerprint density at radius 2 is 2.08 bits per heavy atom. The number of benzene rings is 1. The van der Waals surface area contributed by atoms with Crippen LogP contribution in [0.5, 0.6) is 0 Å². The smallest absolute Gasteiger partial charge is 0.270 e. The maximum absolute atomic E-state index is 12.7. The van der Waals surface area contributed by atoms with Gasteiger partial charge in [0.15, 0.2) is 0 Å². The van der Waals surface area contributed by atoms with E-state index in [1.165, 1.54) is 0 Å². The van der Waals surface area contributed by atoms with E-state index in [0.29, 0.717) is 12.2 Å². The van der Waals surface area contributed by atoms with E-state index in [2.05, 4.69) is 10.4 Å². The predicted molar refractivity (Wildman–Crippen MR) is 103 cm³/mol. The topological polar surface area (TPSA) is 50.2 Å². The van der Waals surface area contributed by atoms with Crippen molar-refractivity contribution in [2.75, 3.05) is 27.2 Å². The second kappa shape index (κ2) is 7.63. The van der Waals surface area contributed by atoms with Crippen molar-refractivity contribution >= 4 is 17.2 Å². The van der Waals surface area contributed by atoms with E-state index < -0.39 is 0 Å². The molecule has 25 heavy (non-hydrogen) atoms. The number of hydrogen-bond donors (Lipinski definition) is 1. The molecule has 0 aliphatic heterocycles. The summed E-state index contributed by atoms with van der Waals surface area (Å²) in [4.78, 5) is 15.8. The van der Waals surface area contributed by atoms with Gasteiger partial charge in [0.2, 0.25) is 0 Å². The molecule has 1 N–H and O–H groups in total. The first kappa shape index (κ1) is 17.4. The van der Waals surface area contributed by atoms with E-state index >= 15 is 0 Å². The highest BCUT2D eigenvalue weighted by Crippen LogP contribution is 2.26. The Hall–Kier alpha value is -2.44. The molecule has 0 spiro atoms. The maximum Gasteiger partial charge on any atom is 0.270 e. The third-order valence-electron chi connectivity index (χ3n) is 3.81. The molecule has 6 heteroatoms. The number of amides is 1. The summed E-state index contributed by atoms with van der Waals surface area (Å²) in [7, 11) is 3.97. The number of aryl methyl sites for hydroxylation is 1. The Kier molecular flexibility index (Phi) is 5.31. The van der Waals surface area contributed by atoms with Gasteiger partial charge in [-0.1, -0.05) is 18.2 Å². The quantitative estimate of drug-likeness (QED) is 0.739. The molecule has 0 unspecified atom stereocenters. The van der Waals surface area contributed by atoms with Crippen molar-refractivity contribution in [2.45, 2.75) is 6.92 Å². The molecule has 0 fully saturated rings. The van der Waals surface area contributed by atoms with Crippen LogP contribution in [-0.4, -0.2) is 47.8 Å². The molecule has 1 aromatic carbocycles. The number of carbonyl (C=O) groups is 1. The summed E-state index contributed by atoms with van der Waals surface area (Å²) in [6.07, 6.45) is 0. The molecule has 2 heterocycles. The van der Waals surface area contributed by atoms with Gasteiger partial charge in [0.1, 0.15) is 11.4 Å². The van der Waals surface area contributed by atoms with Crippen LogP contribution in [0.15, 0.2) is 47.8 Å². The first-order valence-electron chi connectivity index (χ1n) is 8.18. The fourth-order valence-electron chi connectivity index (χ4n) is 2.53. The number of thiophene rings is 1. The van der Waals surface area contributed by atoms with Crippen LogP contribution < -0.4 is 5.32 Å². The molecular formula is C19H22N4OS. The number of aromatic nitrogens is 2. The minimum Gasteiger partial charge on any atom is -0.349 e. The fourth-order valence-corrected chi connectivity index (χ4v) is 3.21. The molecule has 2 aromatic heterocycles. The fraction of sp³-hybridized carbons (Fsp3) is 0.263. The molecule has 0 aliphatic carbocycles. The molecule has 0 saturated heterocycles. The lowest BCUT2D eigenvalue weighted by Gasteiger charge is -2.11. The summed E-state index contributed by atoms with van der Waals surface area (Å²) >= 11 is 1.62. The Bertz CT molecular complexity index is 852. The van der Waals surface area contributed by atoms with Crippen molar-refractivity contribution in [2.24, 2.45) is 0 Å². The Morgan fingerprint density at radius 1 is 1.24 bits per heavy atom. The average molecular weight is 354 g/mol. The van der Waals surface area contributed by atoms with Crippen LogP contribution in [0.25, 0.3) is 16.3 Å². The number of carbonyl (C=O) groups excluding carboxylic acids is 1. The van der Waals surface area contributed by atoms with Crippen molar-refractivity contribution in [3.05, 3.63) is 59.1 Å². The van der Waals surface area contributed by atoms with Gasteiger partial charge in [0.25, 0.3) is 5.91 Å². The van der Waals surface area contributed by atoms with E-state index in [4.69, 9.17) is 0 Å². The lowest BCUT2D eigenvalue weighted by Crippen LogP contribution is -2.32. The molecule has 3 rings (SSSR count). The Morgan fingerprint density at radius 3 is 2.76 bits per heavy atom. The van der Waals surface area contributed by atoms with Gasteiger partial charge in [-0.3, -0.25) is 4.79 Å². The van der Waals surface area contributed by atoms with Gasteiger partial charge in [0.05, 0.1) is 10.6 Å². The average Bonchev–Trinajstić information content (AvgIpc) is 3.24. The maximum atomic E-state index is 12.7. The highest BCUT2D eigenvalue weighted by atomic mass is 32.1. The van der Waals surface area contributed by atoms with Crippen LogP contribution in [0.3, 0.4) is 0 Å². The standard InChI is InChI=1S/C19H22N4OS/c1-14-6-4-7-15(12-14)23-17(19(24)20-9-10-22(2)3)13-16(21-23)18-8-5-11-25-18/h4-8,11-13H,9-10H2,1-3H3,(H,20,24). The summed E-state index contributed by atoms with van der Waals surface area (Å²) in [5, 5.41) is 9.67. The minimum atomic E-state index is -0.112. The number of nitrogens with one attached hydrogen (secondary N) is 1. The molecule has 0 radical (unpaired) electrons. The van der Waals surface area contributed by atoms with Crippen LogP contribution in [0, 0.1) is 6.92 Å². The highest BCUT2D eigenvalue weighted by Gasteiger charge is 2.18. The van der Waals surface area contributed by atoms with Gasteiger partial charge in [-0.2, -0.15) is 5.10 Å². The zero-order valence-electron chi connectivity index (χ0n) is 14.7. The molecule has 0 bridgehead atoms. The monoisotopic (exact) mass is 354 g/mol. The second-order valence-electron chi connectivity index (χ2n) is 6.20.